The van der Waals surface area contributed by atoms with Crippen molar-refractivity contribution in [3.8, 4) is 0 Å². The van der Waals surface area contributed by atoms with Crippen LogP contribution in [0, 0.1) is 19.3 Å². The number of rotatable bonds is 5. The lowest BCUT2D eigenvalue weighted by atomic mass is 9.70. The normalized spacial score (nSPS) is 17.6. The summed E-state index contributed by atoms with van der Waals surface area (Å²) in [7, 11) is 0. The first kappa shape index (κ1) is 21.6. The summed E-state index contributed by atoms with van der Waals surface area (Å²) >= 11 is 0. The van der Waals surface area contributed by atoms with Crippen LogP contribution in [-0.4, -0.2) is 9.88 Å². The molecule has 0 unspecified atom stereocenters. The van der Waals surface area contributed by atoms with E-state index in [0.29, 0.717) is 0 Å². The number of aryl methyl sites for hydroxylation is 3. The van der Waals surface area contributed by atoms with Crippen LogP contribution in [0.25, 0.3) is 16.6 Å². The molecule has 1 atom stereocenters. The van der Waals surface area contributed by atoms with Crippen molar-refractivity contribution in [2.24, 2.45) is 5.41 Å². The highest BCUT2D eigenvalue weighted by atomic mass is 15.2. The fraction of sp³-hybridized carbons (Fsp3) is 0.414. The van der Waals surface area contributed by atoms with Gasteiger partial charge in [-0.3, -0.25) is 0 Å². The van der Waals surface area contributed by atoms with Gasteiger partial charge < -0.3 is 4.90 Å². The molecule has 0 N–H and O–H groups in total. The molecule has 0 spiro atoms. The van der Waals surface area contributed by atoms with Crippen LogP contribution in [0.4, 0.5) is 0 Å². The molecule has 0 aliphatic carbocycles. The molecule has 0 amide bonds. The number of allylic oxidation sites excluding steroid dienone is 4. The number of hydrogen-bond donors (Lipinski definition) is 0. The van der Waals surface area contributed by atoms with Gasteiger partial charge in [0.25, 0.3) is 0 Å². The van der Waals surface area contributed by atoms with Crippen molar-refractivity contribution in [2.45, 2.75) is 74.3 Å². The molecule has 2 aromatic rings. The third kappa shape index (κ3) is 3.03. The second-order valence-electron chi connectivity index (χ2n) is 9.50. The Labute approximate surface area is 188 Å². The van der Waals surface area contributed by atoms with Gasteiger partial charge >= 0.3 is 0 Å². The Balaban J connectivity index is 2.02. The summed E-state index contributed by atoms with van der Waals surface area (Å²) in [5.74, 6) is 0. The number of aromatic nitrogens is 1. The second kappa shape index (κ2) is 7.51. The zero-order valence-electron chi connectivity index (χ0n) is 20.4. The largest absolute Gasteiger partial charge is 0.335 e. The van der Waals surface area contributed by atoms with Gasteiger partial charge in [0.15, 0.2) is 0 Å². The van der Waals surface area contributed by atoms with Gasteiger partial charge in [0, 0.05) is 22.1 Å². The Kier molecular flexibility index (Phi) is 5.24. The fourth-order valence-corrected chi connectivity index (χ4v) is 5.32. The molecule has 1 aromatic carbocycles. The number of pyridine rings is 1. The maximum absolute atomic E-state index is 5.23. The first-order valence-corrected chi connectivity index (χ1v) is 11.7. The van der Waals surface area contributed by atoms with Crippen LogP contribution in [-0.2, 0) is 13.0 Å². The standard InChI is InChI=1S/C29H36N2/c1-10-21-20(8)31-16-24-22(11-2)23-13-18(6)19(7)14-26(23)30-28(24)27(31)15-25(21)29(9,12-3)17(4)5/h13-15H,4,8,10-12,16H2,1-3,5-7,9H3/t29-/m0/s1. The van der Waals surface area contributed by atoms with E-state index in [4.69, 9.17) is 4.98 Å². The third-order valence-electron chi connectivity index (χ3n) is 7.90. The van der Waals surface area contributed by atoms with E-state index in [0.717, 1.165) is 42.7 Å². The Morgan fingerprint density at radius 3 is 2.39 bits per heavy atom. The lowest BCUT2D eigenvalue weighted by molar-refractivity contribution is 0.447. The summed E-state index contributed by atoms with van der Waals surface area (Å²) in [4.78, 5) is 7.62. The van der Waals surface area contributed by atoms with Crippen molar-refractivity contribution in [1.29, 1.82) is 0 Å². The maximum atomic E-state index is 5.23. The smallest absolute Gasteiger partial charge is 0.0927 e. The van der Waals surface area contributed by atoms with Crippen molar-refractivity contribution in [1.82, 2.24) is 9.88 Å². The Morgan fingerprint density at radius 1 is 1.13 bits per heavy atom. The summed E-state index contributed by atoms with van der Waals surface area (Å²) in [6.45, 7) is 25.4. The quantitative estimate of drug-likeness (QED) is 0.466. The van der Waals surface area contributed by atoms with Crippen molar-refractivity contribution in [3.63, 3.8) is 0 Å². The molecule has 2 aliphatic heterocycles. The van der Waals surface area contributed by atoms with Crippen LogP contribution in [0.1, 0.15) is 75.4 Å². The third-order valence-corrected chi connectivity index (χ3v) is 7.90. The minimum absolute atomic E-state index is 0.0612. The molecular weight excluding hydrogens is 376 g/mol. The molecule has 3 heterocycles. The van der Waals surface area contributed by atoms with Crippen LogP contribution in [0.5, 0.6) is 0 Å². The van der Waals surface area contributed by atoms with E-state index in [-0.39, 0.29) is 5.41 Å². The predicted octanol–water partition coefficient (Wildman–Crippen LogP) is 7.80. The monoisotopic (exact) mass is 412 g/mol. The van der Waals surface area contributed by atoms with Gasteiger partial charge in [-0.25, -0.2) is 4.98 Å². The molecule has 162 valence electrons. The number of benzene rings is 1. The van der Waals surface area contributed by atoms with Crippen LogP contribution in [0.15, 0.2) is 53.8 Å². The first-order chi connectivity index (χ1) is 14.7. The van der Waals surface area contributed by atoms with Gasteiger partial charge in [-0.2, -0.15) is 0 Å². The highest BCUT2D eigenvalue weighted by molar-refractivity contribution is 5.90. The second-order valence-corrected chi connectivity index (χ2v) is 9.50. The summed E-state index contributed by atoms with van der Waals surface area (Å²) < 4.78 is 0. The topological polar surface area (TPSA) is 16.1 Å². The van der Waals surface area contributed by atoms with E-state index in [9.17, 15) is 0 Å². The average molecular weight is 413 g/mol. The van der Waals surface area contributed by atoms with Gasteiger partial charge in [0.1, 0.15) is 0 Å². The number of hydrogen-bond acceptors (Lipinski definition) is 2. The Morgan fingerprint density at radius 2 is 1.81 bits per heavy atom. The van der Waals surface area contributed by atoms with E-state index in [2.05, 4.69) is 84.7 Å². The highest BCUT2D eigenvalue weighted by Crippen LogP contribution is 2.50. The van der Waals surface area contributed by atoms with Crippen molar-refractivity contribution < 1.29 is 0 Å². The van der Waals surface area contributed by atoms with Crippen molar-refractivity contribution in [3.05, 3.63) is 81.7 Å². The van der Waals surface area contributed by atoms with Gasteiger partial charge in [0.05, 0.1) is 23.5 Å². The SMILES string of the molecule is C=C1C(CC)=C([C@@](C)(CC)C(=C)C)C=C2c3nc4cc(C)c(C)cc4c(CC)c3CN12. The lowest BCUT2D eigenvalue weighted by Gasteiger charge is -2.38. The van der Waals surface area contributed by atoms with Gasteiger partial charge in [-0.15, -0.1) is 0 Å². The van der Waals surface area contributed by atoms with E-state index in [1.165, 1.54) is 50.1 Å². The maximum Gasteiger partial charge on any atom is 0.0927 e. The van der Waals surface area contributed by atoms with Gasteiger partial charge in [-0.1, -0.05) is 46.4 Å². The highest BCUT2D eigenvalue weighted by Gasteiger charge is 2.38. The molecule has 0 saturated heterocycles. The molecule has 0 bridgehead atoms. The summed E-state index contributed by atoms with van der Waals surface area (Å²) in [6.07, 6.45) is 5.41. The minimum atomic E-state index is -0.0612. The molecule has 4 rings (SSSR count). The van der Waals surface area contributed by atoms with Gasteiger partial charge in [-0.05, 0) is 86.1 Å². The van der Waals surface area contributed by atoms with E-state index in [1.54, 1.807) is 0 Å². The molecule has 2 nitrogen and oxygen atoms in total. The molecule has 2 aliphatic rings. The minimum Gasteiger partial charge on any atom is -0.335 e. The van der Waals surface area contributed by atoms with E-state index < -0.39 is 0 Å². The van der Waals surface area contributed by atoms with Crippen molar-refractivity contribution in [2.75, 3.05) is 0 Å². The zero-order chi connectivity index (χ0) is 22.7. The predicted molar refractivity (Wildman–Crippen MR) is 134 cm³/mol. The fourth-order valence-electron chi connectivity index (χ4n) is 5.32. The first-order valence-electron chi connectivity index (χ1n) is 11.7. The Bertz CT molecular complexity index is 1190. The lowest BCUT2D eigenvalue weighted by Crippen LogP contribution is -2.27. The molecular formula is C29H36N2. The van der Waals surface area contributed by atoms with Gasteiger partial charge in [0.2, 0.25) is 0 Å². The van der Waals surface area contributed by atoms with Crippen LogP contribution >= 0.6 is 0 Å². The zero-order valence-corrected chi connectivity index (χ0v) is 20.4. The van der Waals surface area contributed by atoms with Crippen molar-refractivity contribution >= 4 is 16.6 Å². The Hall–Kier alpha value is -2.61. The number of nitrogens with zero attached hydrogens (tertiary/aromatic N) is 2. The number of fused-ring (bicyclic) bond motifs is 4. The molecule has 2 heteroatoms. The summed E-state index contributed by atoms with van der Waals surface area (Å²) in [5, 5.41) is 1.31. The molecule has 0 saturated carbocycles. The summed E-state index contributed by atoms with van der Waals surface area (Å²) in [5.41, 5.74) is 13.9. The molecule has 31 heavy (non-hydrogen) atoms. The average Bonchev–Trinajstić information content (AvgIpc) is 3.10. The molecule has 1 aromatic heterocycles. The van der Waals surface area contributed by atoms with E-state index >= 15 is 0 Å². The summed E-state index contributed by atoms with van der Waals surface area (Å²) in [6, 6.07) is 4.58. The van der Waals surface area contributed by atoms with E-state index in [1.807, 2.05) is 0 Å². The van der Waals surface area contributed by atoms with Crippen LogP contribution in [0.3, 0.4) is 0 Å². The van der Waals surface area contributed by atoms with Crippen LogP contribution in [0.2, 0.25) is 0 Å². The van der Waals surface area contributed by atoms with Crippen LogP contribution < -0.4 is 0 Å². The molecule has 0 fully saturated rings. The molecule has 0 radical (unpaired) electrons.